The number of benzene rings is 1. The number of carbonyl (C=O) groups is 2. The van der Waals surface area contributed by atoms with Crippen LogP contribution in [-0.2, 0) is 9.59 Å². The molecule has 6 heteroatoms. The summed E-state index contributed by atoms with van der Waals surface area (Å²) in [6.07, 6.45) is 3.46. The standard InChI is InChI=1S/C18H21N3O2S/c1-12(15-5-4-10-19-11-15)20-18(23)13(2)24-17-8-6-16(7-9-17)21-14(3)22/h4-13H,1-3H3,(H,20,23)(H,21,22)/t12-,13-/m1/s1. The molecule has 24 heavy (non-hydrogen) atoms. The molecule has 2 amide bonds. The molecule has 0 fully saturated rings. The van der Waals surface area contributed by atoms with Crippen molar-refractivity contribution in [1.29, 1.82) is 0 Å². The number of nitrogens with one attached hydrogen (secondary N) is 2. The highest BCUT2D eigenvalue weighted by atomic mass is 32.2. The average Bonchev–Trinajstić information content (AvgIpc) is 2.56. The van der Waals surface area contributed by atoms with E-state index in [4.69, 9.17) is 0 Å². The normalized spacial score (nSPS) is 13.0. The van der Waals surface area contributed by atoms with Crippen molar-refractivity contribution in [2.24, 2.45) is 0 Å². The second kappa shape index (κ2) is 8.49. The lowest BCUT2D eigenvalue weighted by Gasteiger charge is -2.17. The van der Waals surface area contributed by atoms with Gasteiger partial charge in [-0.2, -0.15) is 0 Å². The molecular weight excluding hydrogens is 322 g/mol. The van der Waals surface area contributed by atoms with Gasteiger partial charge in [-0.1, -0.05) is 6.07 Å². The number of rotatable bonds is 6. The van der Waals surface area contributed by atoms with E-state index < -0.39 is 0 Å². The summed E-state index contributed by atoms with van der Waals surface area (Å²) in [5, 5.41) is 5.49. The number of hydrogen-bond acceptors (Lipinski definition) is 4. The third-order valence-corrected chi connectivity index (χ3v) is 4.51. The molecule has 0 radical (unpaired) electrons. The molecule has 2 rings (SSSR count). The monoisotopic (exact) mass is 343 g/mol. The van der Waals surface area contributed by atoms with Gasteiger partial charge < -0.3 is 10.6 Å². The maximum atomic E-state index is 12.3. The highest BCUT2D eigenvalue weighted by Crippen LogP contribution is 2.25. The minimum atomic E-state index is -0.226. The van der Waals surface area contributed by atoms with Gasteiger partial charge in [-0.05, 0) is 49.7 Å². The largest absolute Gasteiger partial charge is 0.349 e. The van der Waals surface area contributed by atoms with E-state index in [0.29, 0.717) is 0 Å². The molecule has 0 saturated carbocycles. The zero-order valence-corrected chi connectivity index (χ0v) is 14.8. The Bertz CT molecular complexity index is 689. The summed E-state index contributed by atoms with van der Waals surface area (Å²) in [7, 11) is 0. The Morgan fingerprint density at radius 1 is 1.12 bits per heavy atom. The van der Waals surface area contributed by atoms with Crippen LogP contribution in [0.1, 0.15) is 32.4 Å². The fourth-order valence-corrected chi connectivity index (χ4v) is 3.00. The minimum Gasteiger partial charge on any atom is -0.349 e. The topological polar surface area (TPSA) is 71.1 Å². The van der Waals surface area contributed by atoms with E-state index in [2.05, 4.69) is 15.6 Å². The van der Waals surface area contributed by atoms with E-state index in [0.717, 1.165) is 16.1 Å². The predicted octanol–water partition coefficient (Wildman–Crippen LogP) is 3.40. The van der Waals surface area contributed by atoms with Crippen LogP contribution < -0.4 is 10.6 Å². The number of aromatic nitrogens is 1. The number of carbonyl (C=O) groups excluding carboxylic acids is 2. The molecule has 0 unspecified atom stereocenters. The number of thioether (sulfide) groups is 1. The van der Waals surface area contributed by atoms with Crippen LogP contribution in [-0.4, -0.2) is 22.0 Å². The molecule has 0 aliphatic heterocycles. The van der Waals surface area contributed by atoms with Gasteiger partial charge in [-0.25, -0.2) is 0 Å². The molecular formula is C18H21N3O2S. The van der Waals surface area contributed by atoms with Gasteiger partial charge >= 0.3 is 0 Å². The Morgan fingerprint density at radius 3 is 2.42 bits per heavy atom. The van der Waals surface area contributed by atoms with E-state index in [9.17, 15) is 9.59 Å². The van der Waals surface area contributed by atoms with Crippen LogP contribution in [0.5, 0.6) is 0 Å². The lowest BCUT2D eigenvalue weighted by molar-refractivity contribution is -0.121. The summed E-state index contributed by atoms with van der Waals surface area (Å²) in [5.74, 6) is -0.130. The molecule has 0 spiro atoms. The molecule has 2 aromatic rings. The van der Waals surface area contributed by atoms with Crippen molar-refractivity contribution in [3.8, 4) is 0 Å². The average molecular weight is 343 g/mol. The molecule has 126 valence electrons. The summed E-state index contributed by atoms with van der Waals surface area (Å²) in [5.41, 5.74) is 1.72. The van der Waals surface area contributed by atoms with Gasteiger partial charge in [0, 0.05) is 29.9 Å². The smallest absolute Gasteiger partial charge is 0.233 e. The first-order valence-corrected chi connectivity index (χ1v) is 8.58. The van der Waals surface area contributed by atoms with Gasteiger partial charge in [-0.3, -0.25) is 14.6 Å². The number of anilines is 1. The molecule has 0 bridgehead atoms. The van der Waals surface area contributed by atoms with Crippen molar-refractivity contribution in [2.45, 2.75) is 37.0 Å². The van der Waals surface area contributed by atoms with Crippen molar-refractivity contribution in [1.82, 2.24) is 10.3 Å². The van der Waals surface area contributed by atoms with E-state index >= 15 is 0 Å². The fraction of sp³-hybridized carbons (Fsp3) is 0.278. The molecule has 5 nitrogen and oxygen atoms in total. The highest BCUT2D eigenvalue weighted by molar-refractivity contribution is 8.00. The summed E-state index contributed by atoms with van der Waals surface area (Å²) >= 11 is 1.48. The van der Waals surface area contributed by atoms with Crippen LogP contribution >= 0.6 is 11.8 Å². The Morgan fingerprint density at radius 2 is 1.83 bits per heavy atom. The van der Waals surface area contributed by atoms with E-state index in [1.165, 1.54) is 18.7 Å². The summed E-state index contributed by atoms with van der Waals surface area (Å²) in [4.78, 5) is 28.4. The van der Waals surface area contributed by atoms with Crippen LogP contribution in [0.15, 0.2) is 53.7 Å². The van der Waals surface area contributed by atoms with Crippen molar-refractivity contribution in [3.05, 3.63) is 54.4 Å². The molecule has 0 saturated heterocycles. The van der Waals surface area contributed by atoms with E-state index in [-0.39, 0.29) is 23.1 Å². The third kappa shape index (κ3) is 5.38. The maximum absolute atomic E-state index is 12.3. The molecule has 1 aromatic heterocycles. The maximum Gasteiger partial charge on any atom is 0.233 e. The van der Waals surface area contributed by atoms with Gasteiger partial charge in [0.15, 0.2) is 0 Å². The number of pyridine rings is 1. The zero-order chi connectivity index (χ0) is 17.5. The molecule has 2 atom stereocenters. The number of hydrogen-bond donors (Lipinski definition) is 2. The second-order valence-corrected chi connectivity index (χ2v) is 6.90. The van der Waals surface area contributed by atoms with Crippen LogP contribution in [0, 0.1) is 0 Å². The minimum absolute atomic E-state index is 0.0257. The first-order valence-electron chi connectivity index (χ1n) is 7.70. The quantitative estimate of drug-likeness (QED) is 0.789. The summed E-state index contributed by atoms with van der Waals surface area (Å²) < 4.78 is 0. The molecule has 0 aliphatic carbocycles. The van der Waals surface area contributed by atoms with E-state index in [1.807, 2.05) is 50.2 Å². The fourth-order valence-electron chi connectivity index (χ4n) is 2.12. The van der Waals surface area contributed by atoms with Gasteiger partial charge in [0.25, 0.3) is 0 Å². The van der Waals surface area contributed by atoms with Gasteiger partial charge in [0.2, 0.25) is 11.8 Å². The summed E-state index contributed by atoms with van der Waals surface area (Å²) in [6.45, 7) is 5.28. The molecule has 1 aromatic carbocycles. The SMILES string of the molecule is CC(=O)Nc1ccc(S[C@H](C)C(=O)N[C@H](C)c2cccnc2)cc1. The number of nitrogens with zero attached hydrogens (tertiary/aromatic N) is 1. The Hall–Kier alpha value is -2.34. The van der Waals surface area contributed by atoms with Crippen molar-refractivity contribution >= 4 is 29.3 Å². The van der Waals surface area contributed by atoms with Gasteiger partial charge in [-0.15, -0.1) is 11.8 Å². The van der Waals surface area contributed by atoms with Crippen LogP contribution in [0.2, 0.25) is 0 Å². The third-order valence-electron chi connectivity index (χ3n) is 3.40. The van der Waals surface area contributed by atoms with Gasteiger partial charge in [0.1, 0.15) is 0 Å². The lowest BCUT2D eigenvalue weighted by atomic mass is 10.1. The first kappa shape index (κ1) is 18.0. The van der Waals surface area contributed by atoms with E-state index in [1.54, 1.807) is 12.4 Å². The second-order valence-electron chi connectivity index (χ2n) is 5.48. The van der Waals surface area contributed by atoms with Crippen molar-refractivity contribution in [2.75, 3.05) is 5.32 Å². The molecule has 0 aliphatic rings. The Kier molecular flexibility index (Phi) is 6.37. The Labute approximate surface area is 146 Å². The molecule has 1 heterocycles. The first-order chi connectivity index (χ1) is 11.5. The van der Waals surface area contributed by atoms with Crippen LogP contribution in [0.25, 0.3) is 0 Å². The predicted molar refractivity (Wildman–Crippen MR) is 96.9 cm³/mol. The highest BCUT2D eigenvalue weighted by Gasteiger charge is 2.17. The Balaban J connectivity index is 1.90. The number of amides is 2. The van der Waals surface area contributed by atoms with Crippen molar-refractivity contribution < 1.29 is 9.59 Å². The summed E-state index contributed by atoms with van der Waals surface area (Å²) in [6, 6.07) is 11.1. The van der Waals surface area contributed by atoms with Crippen molar-refractivity contribution in [3.63, 3.8) is 0 Å². The molecule has 2 N–H and O–H groups in total. The lowest BCUT2D eigenvalue weighted by Crippen LogP contribution is -2.33. The van der Waals surface area contributed by atoms with Crippen LogP contribution in [0.3, 0.4) is 0 Å². The van der Waals surface area contributed by atoms with Crippen LogP contribution in [0.4, 0.5) is 5.69 Å². The zero-order valence-electron chi connectivity index (χ0n) is 13.9. The van der Waals surface area contributed by atoms with Gasteiger partial charge in [0.05, 0.1) is 11.3 Å².